The van der Waals surface area contributed by atoms with Gasteiger partial charge in [0, 0.05) is 25.7 Å². The number of carbonyl (C=O) groups is 4. The quantitative estimate of drug-likeness (QED) is 0.0222. The predicted molar refractivity (Wildman–Crippen MR) is 455 cm³/mol. The summed E-state index contributed by atoms with van der Waals surface area (Å²) in [7, 11) is -9.93. The van der Waals surface area contributed by atoms with Gasteiger partial charge in [-0.05, 0) is 31.6 Å². The third-order valence-electron chi connectivity index (χ3n) is 21.5. The Morgan fingerprint density at radius 3 is 0.618 bits per heavy atom. The molecule has 19 heteroatoms. The van der Waals surface area contributed by atoms with E-state index in [1.165, 1.54) is 315 Å². The third kappa shape index (κ3) is 84.0. The zero-order valence-electron chi connectivity index (χ0n) is 72.4. The topological polar surface area (TPSA) is 237 Å². The Labute approximate surface area is 677 Å². The number of phosphoric acid groups is 2. The fourth-order valence-electron chi connectivity index (χ4n) is 14.4. The number of aliphatic hydroxyl groups is 1. The van der Waals surface area contributed by atoms with Crippen molar-refractivity contribution in [2.45, 2.75) is 515 Å². The molecule has 654 valence electrons. The maximum Gasteiger partial charge on any atom is 0.472 e. The summed E-state index contributed by atoms with van der Waals surface area (Å²) in [6.07, 6.45) is 79.6. The fourth-order valence-corrected chi connectivity index (χ4v) is 15.9. The molecule has 0 heterocycles. The van der Waals surface area contributed by atoms with Crippen molar-refractivity contribution in [3.63, 3.8) is 0 Å². The molecule has 0 aliphatic carbocycles. The molecular formula is C91H178O17P2. The molecule has 0 fully saturated rings. The molecule has 0 aromatic heterocycles. The molecular weight excluding hydrogens is 1430 g/mol. The lowest BCUT2D eigenvalue weighted by Gasteiger charge is -2.21. The normalized spacial score (nSPS) is 13.7. The van der Waals surface area contributed by atoms with Gasteiger partial charge in [0.05, 0.1) is 26.4 Å². The maximum absolute atomic E-state index is 13.2. The molecule has 0 aromatic rings. The van der Waals surface area contributed by atoms with Crippen molar-refractivity contribution in [3.05, 3.63) is 0 Å². The van der Waals surface area contributed by atoms with Gasteiger partial charge in [0.25, 0.3) is 0 Å². The molecule has 3 N–H and O–H groups in total. The number of carbonyl (C=O) groups excluding carboxylic acids is 4. The standard InChI is InChI=1S/C91H178O17P2/c1-6-9-12-15-18-21-24-27-30-33-36-38-39-42-45-48-51-54-57-60-66-71-76-90(95)107-86(80-101-88(93)74-69-64-58-55-52-49-46-43-41-37-34-31-28-25-22-19-16-13-10-7-2)82-105-109(97,98)103-78-85(92)79-104-110(99,100)106-83-87(81-102-89(94)75-70-65-62-61-63-68-73-84(4)5)108-91(96)77-72-67-59-56-53-50-47-44-40-35-32-29-26-23-20-17-14-11-8-3/h84-87,92H,6-83H2,1-5H3,(H,97,98)(H,99,100)/t85-,86-,87-/m1/s1. The van der Waals surface area contributed by atoms with E-state index < -0.39 is 97.5 Å². The highest BCUT2D eigenvalue weighted by Gasteiger charge is 2.31. The Morgan fingerprint density at radius 1 is 0.245 bits per heavy atom. The van der Waals surface area contributed by atoms with E-state index in [0.29, 0.717) is 31.6 Å². The minimum atomic E-state index is -4.97. The van der Waals surface area contributed by atoms with E-state index in [2.05, 4.69) is 34.6 Å². The Hall–Kier alpha value is -1.94. The average molecular weight is 1610 g/mol. The summed E-state index contributed by atoms with van der Waals surface area (Å²) < 4.78 is 69.0. The van der Waals surface area contributed by atoms with Crippen LogP contribution in [0.5, 0.6) is 0 Å². The van der Waals surface area contributed by atoms with Crippen LogP contribution >= 0.6 is 15.6 Å². The number of hydrogen-bond acceptors (Lipinski definition) is 15. The molecule has 0 amide bonds. The van der Waals surface area contributed by atoms with E-state index in [-0.39, 0.29) is 25.7 Å². The number of ether oxygens (including phenoxy) is 4. The minimum absolute atomic E-state index is 0.108. The summed E-state index contributed by atoms with van der Waals surface area (Å²) in [5.41, 5.74) is 0. The Kier molecular flexibility index (Phi) is 82.1. The predicted octanol–water partition coefficient (Wildman–Crippen LogP) is 28.3. The molecule has 0 saturated heterocycles. The van der Waals surface area contributed by atoms with Crippen molar-refractivity contribution in [3.8, 4) is 0 Å². The second-order valence-corrected chi connectivity index (χ2v) is 36.1. The summed E-state index contributed by atoms with van der Waals surface area (Å²) in [6.45, 7) is 7.31. The van der Waals surface area contributed by atoms with Crippen LogP contribution in [0.25, 0.3) is 0 Å². The second-order valence-electron chi connectivity index (χ2n) is 33.2. The molecule has 5 atom stereocenters. The number of aliphatic hydroxyl groups excluding tert-OH is 1. The van der Waals surface area contributed by atoms with Crippen LogP contribution in [0, 0.1) is 5.92 Å². The van der Waals surface area contributed by atoms with Gasteiger partial charge in [0.2, 0.25) is 0 Å². The van der Waals surface area contributed by atoms with Gasteiger partial charge < -0.3 is 33.8 Å². The lowest BCUT2D eigenvalue weighted by Crippen LogP contribution is -2.30. The first-order chi connectivity index (χ1) is 53.5. The van der Waals surface area contributed by atoms with Crippen molar-refractivity contribution < 1.29 is 80.2 Å². The van der Waals surface area contributed by atoms with Crippen LogP contribution in [0.2, 0.25) is 0 Å². The van der Waals surface area contributed by atoms with Crippen LogP contribution in [0.15, 0.2) is 0 Å². The SMILES string of the molecule is CCCCCCCCCCCCCCCCCCCCCCCCC(=O)O[C@H](COC(=O)CCCCCCCCCCCCCCCCCCCCCC)COP(=O)(O)OC[C@@H](O)COP(=O)(O)OC[C@@H](COC(=O)CCCCCCCCC(C)C)OC(=O)CCCCCCCCCCCCCCCCCCCCC. The molecule has 17 nitrogen and oxygen atoms in total. The number of rotatable bonds is 91. The van der Waals surface area contributed by atoms with Gasteiger partial charge in [0.1, 0.15) is 19.3 Å². The largest absolute Gasteiger partial charge is 0.472 e. The fraction of sp³-hybridized carbons (Fsp3) is 0.956. The lowest BCUT2D eigenvalue weighted by molar-refractivity contribution is -0.161. The molecule has 0 radical (unpaired) electrons. The Morgan fingerprint density at radius 2 is 0.418 bits per heavy atom. The summed E-state index contributed by atoms with van der Waals surface area (Å²) >= 11 is 0. The number of esters is 4. The van der Waals surface area contributed by atoms with Crippen molar-refractivity contribution in [2.24, 2.45) is 5.92 Å². The van der Waals surface area contributed by atoms with E-state index in [0.717, 1.165) is 96.3 Å². The highest BCUT2D eigenvalue weighted by atomic mass is 31.2. The van der Waals surface area contributed by atoms with Gasteiger partial charge in [-0.25, -0.2) is 9.13 Å². The monoisotopic (exact) mass is 1610 g/mol. The van der Waals surface area contributed by atoms with E-state index in [9.17, 15) is 43.2 Å². The van der Waals surface area contributed by atoms with Gasteiger partial charge >= 0.3 is 39.5 Å². The number of hydrogen-bond donors (Lipinski definition) is 3. The molecule has 110 heavy (non-hydrogen) atoms. The lowest BCUT2D eigenvalue weighted by atomic mass is 10.0. The van der Waals surface area contributed by atoms with E-state index in [4.69, 9.17) is 37.0 Å². The van der Waals surface area contributed by atoms with Gasteiger partial charge in [0.15, 0.2) is 12.2 Å². The molecule has 0 saturated carbocycles. The summed E-state index contributed by atoms with van der Waals surface area (Å²) in [6, 6.07) is 0. The minimum Gasteiger partial charge on any atom is -0.462 e. The average Bonchev–Trinajstić information content (AvgIpc) is 0.901. The summed E-state index contributed by atoms with van der Waals surface area (Å²) in [5.74, 6) is -1.42. The van der Waals surface area contributed by atoms with Crippen LogP contribution in [0.4, 0.5) is 0 Å². The summed E-state index contributed by atoms with van der Waals surface area (Å²) in [4.78, 5) is 73.3. The van der Waals surface area contributed by atoms with Crippen LogP contribution in [-0.2, 0) is 65.4 Å². The zero-order valence-corrected chi connectivity index (χ0v) is 74.2. The van der Waals surface area contributed by atoms with E-state index in [1.54, 1.807) is 0 Å². The zero-order chi connectivity index (χ0) is 80.4. The highest BCUT2D eigenvalue weighted by Crippen LogP contribution is 2.45. The van der Waals surface area contributed by atoms with Crippen LogP contribution in [0.3, 0.4) is 0 Å². The van der Waals surface area contributed by atoms with Crippen LogP contribution in [-0.4, -0.2) is 96.7 Å². The molecule has 0 spiro atoms. The van der Waals surface area contributed by atoms with Crippen molar-refractivity contribution in [2.75, 3.05) is 39.6 Å². The van der Waals surface area contributed by atoms with Gasteiger partial charge in [-0.15, -0.1) is 0 Å². The molecule has 0 aliphatic heterocycles. The van der Waals surface area contributed by atoms with Crippen LogP contribution < -0.4 is 0 Å². The summed E-state index contributed by atoms with van der Waals surface area (Å²) in [5, 5.41) is 10.7. The number of unbranched alkanes of at least 4 members (excludes halogenated alkanes) is 63. The third-order valence-corrected chi connectivity index (χ3v) is 23.4. The Bertz CT molecular complexity index is 2080. The van der Waals surface area contributed by atoms with E-state index in [1.807, 2.05) is 0 Å². The molecule has 0 rings (SSSR count). The van der Waals surface area contributed by atoms with E-state index >= 15 is 0 Å². The first-order valence-electron chi connectivity index (χ1n) is 47.1. The second kappa shape index (κ2) is 83.5. The van der Waals surface area contributed by atoms with Crippen molar-refractivity contribution >= 4 is 39.5 Å². The van der Waals surface area contributed by atoms with Gasteiger partial charge in [-0.1, -0.05) is 446 Å². The molecule has 0 aliphatic rings. The van der Waals surface area contributed by atoms with Crippen molar-refractivity contribution in [1.29, 1.82) is 0 Å². The van der Waals surface area contributed by atoms with Gasteiger partial charge in [-0.3, -0.25) is 37.3 Å². The van der Waals surface area contributed by atoms with Crippen LogP contribution in [0.1, 0.15) is 497 Å². The van der Waals surface area contributed by atoms with Gasteiger partial charge in [-0.2, -0.15) is 0 Å². The first-order valence-corrected chi connectivity index (χ1v) is 50.1. The highest BCUT2D eigenvalue weighted by molar-refractivity contribution is 7.47. The molecule has 0 aromatic carbocycles. The van der Waals surface area contributed by atoms with Crippen molar-refractivity contribution in [1.82, 2.24) is 0 Å². The maximum atomic E-state index is 13.2. The number of phosphoric ester groups is 2. The smallest absolute Gasteiger partial charge is 0.462 e. The Balaban J connectivity index is 5.19. The molecule has 2 unspecified atom stereocenters. The first kappa shape index (κ1) is 108. The molecule has 0 bridgehead atoms.